The zero-order chi connectivity index (χ0) is 7.68. The molecule has 1 aromatic rings. The van der Waals surface area contributed by atoms with Crippen LogP contribution >= 0.6 is 0 Å². The number of benzene rings is 1. The van der Waals surface area contributed by atoms with Crippen LogP contribution in [0.5, 0.6) is 0 Å². The molecule has 0 bridgehead atoms. The van der Waals surface area contributed by atoms with Crippen molar-refractivity contribution in [1.29, 1.82) is 0 Å². The fourth-order valence-electron chi connectivity index (χ4n) is 1.50. The van der Waals surface area contributed by atoms with Crippen molar-refractivity contribution < 1.29 is 70.1 Å². The van der Waals surface area contributed by atoms with Crippen molar-refractivity contribution in [3.63, 3.8) is 0 Å². The maximum absolute atomic E-state index is 2.36. The third kappa shape index (κ3) is 3.60. The number of fused-ring (bicyclic) bond motifs is 1. The van der Waals surface area contributed by atoms with Gasteiger partial charge in [-0.25, -0.2) is 0 Å². The van der Waals surface area contributed by atoms with Crippen LogP contribution in [-0.2, 0) is 19.2 Å². The van der Waals surface area contributed by atoms with E-state index in [0.717, 1.165) is 4.22 Å². The van der Waals surface area contributed by atoms with Gasteiger partial charge in [0.2, 0.25) is 0 Å². The van der Waals surface area contributed by atoms with Gasteiger partial charge in [0.05, 0.1) is 0 Å². The van der Waals surface area contributed by atoms with Crippen molar-refractivity contribution in [2.24, 2.45) is 0 Å². The van der Waals surface area contributed by atoms with Gasteiger partial charge < -0.3 is 50.9 Å². The number of hydrogen-bond acceptors (Lipinski definition) is 0. The van der Waals surface area contributed by atoms with Crippen LogP contribution in [0, 0.1) is 0 Å². The second-order valence-electron chi connectivity index (χ2n) is 2.75. The summed E-state index contributed by atoms with van der Waals surface area (Å²) in [5.74, 6) is 0. The molecule has 1 aliphatic carbocycles. The van der Waals surface area contributed by atoms with Crippen LogP contribution in [0.15, 0.2) is 30.3 Å². The summed E-state index contributed by atoms with van der Waals surface area (Å²) in [4.78, 5) is 0. The molecule has 0 aliphatic heterocycles. The van der Waals surface area contributed by atoms with Crippen molar-refractivity contribution in [3.8, 4) is 0 Å². The molecule has 1 unspecified atom stereocenters. The molecule has 0 N–H and O–H groups in total. The molecular formula is C10H10Br3Ti. The summed E-state index contributed by atoms with van der Waals surface area (Å²) >= 11 is 0.207. The second-order valence-corrected chi connectivity index (χ2v) is 4.63. The van der Waals surface area contributed by atoms with E-state index < -0.39 is 0 Å². The summed E-state index contributed by atoms with van der Waals surface area (Å²) in [6.45, 7) is 0. The molecule has 0 amide bonds. The Hall–Kier alpha value is 1.11. The molecule has 14 heavy (non-hydrogen) atoms. The van der Waals surface area contributed by atoms with Gasteiger partial charge in [-0.3, -0.25) is 0 Å². The molecule has 0 saturated carbocycles. The second kappa shape index (κ2) is 8.29. The summed E-state index contributed by atoms with van der Waals surface area (Å²) in [7, 11) is 0. The first-order chi connectivity index (χ1) is 5.42. The molecule has 1 aliphatic rings. The molecule has 0 radical (unpaired) electrons. The molecule has 0 nitrogen and oxygen atoms in total. The van der Waals surface area contributed by atoms with Gasteiger partial charge in [-0.05, 0) is 0 Å². The van der Waals surface area contributed by atoms with Crippen molar-refractivity contribution in [2.75, 3.05) is 0 Å². The molecule has 0 saturated heterocycles. The molecule has 1 aromatic carbocycles. The summed E-state index contributed by atoms with van der Waals surface area (Å²) in [5, 5.41) is 2.36. The minimum atomic E-state index is 0. The van der Waals surface area contributed by atoms with Crippen LogP contribution in [0.2, 0.25) is 5.23 Å². The third-order valence-corrected chi connectivity index (χ3v) is 3.87. The standard InChI is InChI=1S/C9H7.CH3.3BrH.Ti/c1-2-5-9-7-3-6-8(9)4-1;;;;;/h1-7H;1H3;3*1H;/q;;;;;+3/p-3. The molecule has 2 rings (SSSR count). The number of rotatable bonds is 1. The Labute approximate surface area is 126 Å². The summed E-state index contributed by atoms with van der Waals surface area (Å²) in [6.07, 6.45) is 4.61. The average Bonchev–Trinajstić information content (AvgIpc) is 2.47. The van der Waals surface area contributed by atoms with Gasteiger partial charge in [0.25, 0.3) is 0 Å². The summed E-state index contributed by atoms with van der Waals surface area (Å²) in [6, 6.07) is 8.71. The molecule has 0 heterocycles. The van der Waals surface area contributed by atoms with Gasteiger partial charge in [0, 0.05) is 0 Å². The molecule has 1 atom stereocenters. The van der Waals surface area contributed by atoms with Crippen LogP contribution in [-0.4, -0.2) is 0 Å². The van der Waals surface area contributed by atoms with Crippen LogP contribution in [0.3, 0.4) is 0 Å². The Morgan fingerprint density at radius 1 is 1.07 bits per heavy atom. The van der Waals surface area contributed by atoms with Gasteiger partial charge in [-0.1, -0.05) is 0 Å². The topological polar surface area (TPSA) is 0 Å². The van der Waals surface area contributed by atoms with E-state index in [2.05, 4.69) is 41.6 Å². The van der Waals surface area contributed by atoms with Crippen LogP contribution < -0.4 is 50.9 Å². The van der Waals surface area contributed by atoms with Crippen molar-refractivity contribution in [2.45, 2.75) is 9.45 Å². The Morgan fingerprint density at radius 2 is 1.71 bits per heavy atom. The maximum atomic E-state index is 2.36. The molecule has 0 fully saturated rings. The van der Waals surface area contributed by atoms with Gasteiger partial charge in [0.15, 0.2) is 0 Å². The van der Waals surface area contributed by atoms with Crippen LogP contribution in [0.25, 0.3) is 6.08 Å². The third-order valence-electron chi connectivity index (χ3n) is 2.11. The zero-order valence-electron chi connectivity index (χ0n) is 7.68. The van der Waals surface area contributed by atoms with Gasteiger partial charge in [-0.2, -0.15) is 0 Å². The van der Waals surface area contributed by atoms with Crippen molar-refractivity contribution in [3.05, 3.63) is 41.5 Å². The monoisotopic (exact) mass is 415 g/mol. The quantitative estimate of drug-likeness (QED) is 0.399. The number of halogens is 3. The zero-order valence-corrected chi connectivity index (χ0v) is 14.0. The SMILES string of the molecule is [Br-].[Br-].[Br-].[CH3][Ti+3][CH]1C=Cc2ccccc21. The van der Waals surface area contributed by atoms with Crippen LogP contribution in [0.1, 0.15) is 15.3 Å². The molecule has 0 aromatic heterocycles. The minimum absolute atomic E-state index is 0. The Kier molecular flexibility index (Phi) is 10.4. The van der Waals surface area contributed by atoms with Gasteiger partial charge in [-0.15, -0.1) is 0 Å². The van der Waals surface area contributed by atoms with Crippen molar-refractivity contribution in [1.82, 2.24) is 0 Å². The molecular weight excluding hydrogens is 408 g/mol. The number of allylic oxidation sites excluding steroid dienone is 1. The Bertz CT molecular complexity index is 299. The van der Waals surface area contributed by atoms with Gasteiger partial charge in [0.1, 0.15) is 0 Å². The van der Waals surface area contributed by atoms with Gasteiger partial charge >= 0.3 is 76.1 Å². The predicted molar refractivity (Wildman–Crippen MR) is 44.1 cm³/mol. The van der Waals surface area contributed by atoms with E-state index in [0.29, 0.717) is 0 Å². The Morgan fingerprint density at radius 3 is 2.36 bits per heavy atom. The molecule has 0 spiro atoms. The fourth-order valence-corrected chi connectivity index (χ4v) is 2.85. The number of hydrogen-bond donors (Lipinski definition) is 0. The van der Waals surface area contributed by atoms with E-state index in [-0.39, 0.29) is 70.1 Å². The van der Waals surface area contributed by atoms with E-state index >= 15 is 0 Å². The van der Waals surface area contributed by atoms with E-state index in [1.807, 2.05) is 0 Å². The first-order valence-corrected chi connectivity index (χ1v) is 6.32. The Balaban J connectivity index is 0. The van der Waals surface area contributed by atoms with E-state index in [9.17, 15) is 0 Å². The first kappa shape index (κ1) is 17.5. The normalized spacial score (nSPS) is 15.4. The molecule has 4 heteroatoms. The first-order valence-electron chi connectivity index (χ1n) is 3.86. The van der Waals surface area contributed by atoms with E-state index in [4.69, 9.17) is 0 Å². The molecule has 75 valence electrons. The predicted octanol–water partition coefficient (Wildman–Crippen LogP) is -6.10. The van der Waals surface area contributed by atoms with Crippen LogP contribution in [0.4, 0.5) is 0 Å². The fraction of sp³-hybridized carbons (Fsp3) is 0.200. The average molecular weight is 418 g/mol. The van der Waals surface area contributed by atoms with Crippen molar-refractivity contribution >= 4 is 6.08 Å². The van der Waals surface area contributed by atoms with E-state index in [1.165, 1.54) is 5.56 Å². The summed E-state index contributed by atoms with van der Waals surface area (Å²) < 4.78 is 0.797. The van der Waals surface area contributed by atoms with E-state index in [1.54, 1.807) is 5.56 Å². The summed E-state index contributed by atoms with van der Waals surface area (Å²) in [5.41, 5.74) is 2.98.